The molecule has 0 bridgehead atoms. The lowest BCUT2D eigenvalue weighted by molar-refractivity contribution is -0.123. The molecular formula is C19H23N3O2. The lowest BCUT2D eigenvalue weighted by Gasteiger charge is -2.11. The van der Waals surface area contributed by atoms with Crippen molar-refractivity contribution in [2.24, 2.45) is 0 Å². The molecule has 24 heavy (non-hydrogen) atoms. The van der Waals surface area contributed by atoms with E-state index in [4.69, 9.17) is 4.74 Å². The monoisotopic (exact) mass is 325 g/mol. The van der Waals surface area contributed by atoms with Crippen LogP contribution in [0.1, 0.15) is 29.2 Å². The van der Waals surface area contributed by atoms with Crippen LogP contribution in [0.2, 0.25) is 0 Å². The van der Waals surface area contributed by atoms with Crippen molar-refractivity contribution in [3.8, 4) is 5.75 Å². The predicted octanol–water partition coefficient (Wildman–Crippen LogP) is 2.23. The lowest BCUT2D eigenvalue weighted by atomic mass is 10.0. The number of ether oxygens (including phenoxy) is 1. The summed E-state index contributed by atoms with van der Waals surface area (Å²) < 4.78 is 5.26. The molecule has 1 aliphatic heterocycles. The molecule has 1 fully saturated rings. The molecule has 126 valence electrons. The topological polar surface area (TPSA) is 62.4 Å². The van der Waals surface area contributed by atoms with E-state index in [9.17, 15) is 4.79 Å². The third-order valence-electron chi connectivity index (χ3n) is 4.30. The van der Waals surface area contributed by atoms with Crippen molar-refractivity contribution in [1.29, 1.82) is 0 Å². The molecule has 0 saturated carbocycles. The van der Waals surface area contributed by atoms with Crippen molar-refractivity contribution in [3.63, 3.8) is 0 Å². The molecule has 0 aromatic heterocycles. The standard InChI is InChI=1S/C19H23N3O2/c1-13-6-8-14(9-7-13)12-20-19(23)18-11-17(21-22-18)15-4-3-5-16(10-15)24-2/h3-10,17-18,21-22H,11-12H2,1-2H3,(H,20,23). The van der Waals surface area contributed by atoms with Gasteiger partial charge in [0.1, 0.15) is 11.8 Å². The summed E-state index contributed by atoms with van der Waals surface area (Å²) in [6, 6.07) is 15.9. The highest BCUT2D eigenvalue weighted by Gasteiger charge is 2.30. The third kappa shape index (κ3) is 3.93. The van der Waals surface area contributed by atoms with Gasteiger partial charge in [-0.15, -0.1) is 0 Å². The number of rotatable bonds is 5. The van der Waals surface area contributed by atoms with Gasteiger partial charge in [0.15, 0.2) is 0 Å². The van der Waals surface area contributed by atoms with Crippen LogP contribution in [0.3, 0.4) is 0 Å². The van der Waals surface area contributed by atoms with Crippen molar-refractivity contribution in [1.82, 2.24) is 16.2 Å². The quantitative estimate of drug-likeness (QED) is 0.789. The van der Waals surface area contributed by atoms with Crippen molar-refractivity contribution in [2.45, 2.75) is 32.0 Å². The van der Waals surface area contributed by atoms with Crippen molar-refractivity contribution >= 4 is 5.91 Å². The molecule has 2 unspecified atom stereocenters. The second-order valence-corrected chi connectivity index (χ2v) is 6.11. The van der Waals surface area contributed by atoms with Gasteiger partial charge >= 0.3 is 0 Å². The maximum Gasteiger partial charge on any atom is 0.238 e. The van der Waals surface area contributed by atoms with E-state index in [0.717, 1.165) is 16.9 Å². The molecule has 3 rings (SSSR count). The van der Waals surface area contributed by atoms with Crippen LogP contribution in [-0.4, -0.2) is 19.1 Å². The normalized spacial score (nSPS) is 19.9. The minimum absolute atomic E-state index is 0.00784. The Labute approximate surface area is 142 Å². The smallest absolute Gasteiger partial charge is 0.238 e. The van der Waals surface area contributed by atoms with E-state index in [1.54, 1.807) is 7.11 Å². The SMILES string of the molecule is COc1cccc(C2CC(C(=O)NCc3ccc(C)cc3)NN2)c1. The molecule has 2 aromatic carbocycles. The fourth-order valence-electron chi connectivity index (χ4n) is 2.82. The molecule has 5 nitrogen and oxygen atoms in total. The minimum atomic E-state index is -0.244. The fourth-order valence-corrected chi connectivity index (χ4v) is 2.82. The summed E-state index contributed by atoms with van der Waals surface area (Å²) >= 11 is 0. The summed E-state index contributed by atoms with van der Waals surface area (Å²) in [4.78, 5) is 12.3. The van der Waals surface area contributed by atoms with Gasteiger partial charge in [-0.2, -0.15) is 0 Å². The average molecular weight is 325 g/mol. The van der Waals surface area contributed by atoms with Gasteiger partial charge < -0.3 is 10.1 Å². The highest BCUT2D eigenvalue weighted by molar-refractivity contribution is 5.82. The number of carbonyl (C=O) groups excluding carboxylic acids is 1. The summed E-state index contributed by atoms with van der Waals surface area (Å²) in [7, 11) is 1.65. The third-order valence-corrected chi connectivity index (χ3v) is 4.30. The fraction of sp³-hybridized carbons (Fsp3) is 0.316. The Bertz CT molecular complexity index is 700. The van der Waals surface area contributed by atoms with Crippen LogP contribution in [0.25, 0.3) is 0 Å². The van der Waals surface area contributed by atoms with Crippen molar-refractivity contribution < 1.29 is 9.53 Å². The van der Waals surface area contributed by atoms with E-state index in [-0.39, 0.29) is 18.0 Å². The molecule has 5 heteroatoms. The number of aryl methyl sites for hydroxylation is 1. The van der Waals surface area contributed by atoms with E-state index < -0.39 is 0 Å². The molecule has 0 aliphatic carbocycles. The Morgan fingerprint density at radius 1 is 1.21 bits per heavy atom. The molecule has 1 heterocycles. The van der Waals surface area contributed by atoms with E-state index in [1.807, 2.05) is 36.4 Å². The first-order valence-electron chi connectivity index (χ1n) is 8.14. The van der Waals surface area contributed by atoms with Gasteiger partial charge in [-0.3, -0.25) is 4.79 Å². The largest absolute Gasteiger partial charge is 0.497 e. The molecular weight excluding hydrogens is 302 g/mol. The number of hydrogen-bond donors (Lipinski definition) is 3. The Morgan fingerprint density at radius 2 is 2.00 bits per heavy atom. The second-order valence-electron chi connectivity index (χ2n) is 6.11. The van der Waals surface area contributed by atoms with Gasteiger partial charge in [-0.25, -0.2) is 10.9 Å². The van der Waals surface area contributed by atoms with Crippen LogP contribution in [0.4, 0.5) is 0 Å². The first-order valence-corrected chi connectivity index (χ1v) is 8.14. The van der Waals surface area contributed by atoms with Crippen molar-refractivity contribution in [3.05, 3.63) is 65.2 Å². The molecule has 2 aromatic rings. The van der Waals surface area contributed by atoms with E-state index in [1.165, 1.54) is 5.56 Å². The van der Waals surface area contributed by atoms with Gasteiger partial charge in [-0.1, -0.05) is 42.0 Å². The van der Waals surface area contributed by atoms with Crippen LogP contribution in [-0.2, 0) is 11.3 Å². The summed E-state index contributed by atoms with van der Waals surface area (Å²) in [5.41, 5.74) is 9.70. The molecule has 1 aliphatic rings. The van der Waals surface area contributed by atoms with Crippen molar-refractivity contribution in [2.75, 3.05) is 7.11 Å². The zero-order valence-corrected chi connectivity index (χ0v) is 14.0. The number of hydrazine groups is 1. The Kier molecular flexibility index (Phi) is 5.13. The number of carbonyl (C=O) groups is 1. The van der Waals surface area contributed by atoms with E-state index in [0.29, 0.717) is 13.0 Å². The first kappa shape index (κ1) is 16.5. The Hall–Kier alpha value is -2.37. The summed E-state index contributed by atoms with van der Waals surface area (Å²) in [5.74, 6) is 0.829. The van der Waals surface area contributed by atoms with Gasteiger partial charge in [0, 0.05) is 12.6 Å². The van der Waals surface area contributed by atoms with Gasteiger partial charge in [-0.05, 0) is 36.6 Å². The summed E-state index contributed by atoms with van der Waals surface area (Å²) in [6.45, 7) is 2.59. The predicted molar refractivity (Wildman–Crippen MR) is 93.4 cm³/mol. The maximum absolute atomic E-state index is 12.3. The number of benzene rings is 2. The highest BCUT2D eigenvalue weighted by atomic mass is 16.5. The van der Waals surface area contributed by atoms with Crippen LogP contribution < -0.4 is 20.9 Å². The summed E-state index contributed by atoms with van der Waals surface area (Å²) in [6.07, 6.45) is 0.701. The van der Waals surface area contributed by atoms with Gasteiger partial charge in [0.2, 0.25) is 5.91 Å². The molecule has 3 N–H and O–H groups in total. The number of hydrogen-bond acceptors (Lipinski definition) is 4. The summed E-state index contributed by atoms with van der Waals surface area (Å²) in [5, 5.41) is 2.99. The van der Waals surface area contributed by atoms with E-state index in [2.05, 4.69) is 35.2 Å². The molecule has 2 atom stereocenters. The van der Waals surface area contributed by atoms with Gasteiger partial charge in [0.25, 0.3) is 0 Å². The highest BCUT2D eigenvalue weighted by Crippen LogP contribution is 2.25. The first-order chi connectivity index (χ1) is 11.7. The maximum atomic E-state index is 12.3. The number of amides is 1. The Balaban J connectivity index is 1.54. The van der Waals surface area contributed by atoms with Crippen LogP contribution in [0, 0.1) is 6.92 Å². The second kappa shape index (κ2) is 7.47. The van der Waals surface area contributed by atoms with Gasteiger partial charge in [0.05, 0.1) is 7.11 Å². The zero-order chi connectivity index (χ0) is 16.9. The van der Waals surface area contributed by atoms with Crippen LogP contribution in [0.5, 0.6) is 5.75 Å². The number of methoxy groups -OCH3 is 1. The molecule has 1 saturated heterocycles. The average Bonchev–Trinajstić information content (AvgIpc) is 3.11. The molecule has 1 amide bonds. The molecule has 0 spiro atoms. The number of nitrogens with one attached hydrogen (secondary N) is 3. The zero-order valence-electron chi connectivity index (χ0n) is 14.0. The Morgan fingerprint density at radius 3 is 2.75 bits per heavy atom. The van der Waals surface area contributed by atoms with Crippen LogP contribution in [0.15, 0.2) is 48.5 Å². The lowest BCUT2D eigenvalue weighted by Crippen LogP contribution is -2.42. The van der Waals surface area contributed by atoms with Crippen LogP contribution >= 0.6 is 0 Å². The van der Waals surface area contributed by atoms with E-state index >= 15 is 0 Å². The molecule has 0 radical (unpaired) electrons. The minimum Gasteiger partial charge on any atom is -0.497 e.